The van der Waals surface area contributed by atoms with E-state index in [0.29, 0.717) is 6.10 Å². The zero-order valence-electron chi connectivity index (χ0n) is 13.2. The van der Waals surface area contributed by atoms with Crippen LogP contribution < -0.4 is 9.47 Å². The third-order valence-corrected chi connectivity index (χ3v) is 4.85. The van der Waals surface area contributed by atoms with Crippen molar-refractivity contribution < 1.29 is 14.6 Å². The molecule has 120 valence electrons. The fourth-order valence-electron chi connectivity index (χ4n) is 3.55. The Morgan fingerprint density at radius 2 is 1.74 bits per heavy atom. The van der Waals surface area contributed by atoms with E-state index in [1.54, 1.807) is 12.1 Å². The van der Waals surface area contributed by atoms with E-state index in [9.17, 15) is 5.11 Å². The Balaban J connectivity index is 1.46. The lowest BCUT2D eigenvalue weighted by Crippen LogP contribution is -2.15. The molecule has 1 N–H and O–H groups in total. The van der Waals surface area contributed by atoms with Gasteiger partial charge in [0.05, 0.1) is 6.10 Å². The van der Waals surface area contributed by atoms with Gasteiger partial charge in [-0.15, -0.1) is 0 Å². The van der Waals surface area contributed by atoms with Crippen molar-refractivity contribution in [3.8, 4) is 17.2 Å². The van der Waals surface area contributed by atoms with Crippen LogP contribution in [0.4, 0.5) is 0 Å². The van der Waals surface area contributed by atoms with Crippen LogP contribution in [0.3, 0.4) is 0 Å². The predicted octanol–water partition coefficient (Wildman–Crippen LogP) is 4.78. The van der Waals surface area contributed by atoms with Gasteiger partial charge in [0.2, 0.25) is 0 Å². The molecule has 0 radical (unpaired) electrons. The molecular formula is C20H22O3. The van der Waals surface area contributed by atoms with Gasteiger partial charge < -0.3 is 14.6 Å². The second-order valence-corrected chi connectivity index (χ2v) is 6.53. The minimum absolute atomic E-state index is 0.0461. The highest BCUT2D eigenvalue weighted by atomic mass is 16.5. The minimum atomic E-state index is 0.0461. The van der Waals surface area contributed by atoms with Crippen LogP contribution in [0.1, 0.15) is 49.3 Å². The number of phenolic OH excluding ortho intramolecular Hbond substituents is 1. The Bertz CT molecular complexity index is 672. The van der Waals surface area contributed by atoms with Crippen LogP contribution in [-0.2, 0) is 6.42 Å². The van der Waals surface area contributed by atoms with Gasteiger partial charge in [-0.3, -0.25) is 0 Å². The summed E-state index contributed by atoms with van der Waals surface area (Å²) in [5, 5.41) is 9.62. The van der Waals surface area contributed by atoms with Crippen LogP contribution in [-0.4, -0.2) is 11.2 Å². The van der Waals surface area contributed by atoms with Gasteiger partial charge >= 0.3 is 0 Å². The van der Waals surface area contributed by atoms with Gasteiger partial charge in [-0.25, -0.2) is 0 Å². The monoisotopic (exact) mass is 310 g/mol. The predicted molar refractivity (Wildman–Crippen MR) is 89.1 cm³/mol. The van der Waals surface area contributed by atoms with E-state index in [0.717, 1.165) is 29.9 Å². The molecule has 1 unspecified atom stereocenters. The molecule has 3 heteroatoms. The average Bonchev–Trinajstić information content (AvgIpc) is 3.08. The largest absolute Gasteiger partial charge is 0.508 e. The number of aryl methyl sites for hydroxylation is 1. The van der Waals surface area contributed by atoms with Gasteiger partial charge in [-0.2, -0.15) is 0 Å². The van der Waals surface area contributed by atoms with Gasteiger partial charge in [-0.05, 0) is 67.9 Å². The first kappa shape index (κ1) is 14.4. The molecule has 0 amide bonds. The van der Waals surface area contributed by atoms with Crippen LogP contribution >= 0.6 is 0 Å². The van der Waals surface area contributed by atoms with Crippen molar-refractivity contribution in [3.05, 3.63) is 53.6 Å². The molecular weight excluding hydrogens is 288 g/mol. The number of benzene rings is 2. The standard InChI is InChI=1S/C20H22O3/c21-16-9-5-15-8-12-19(23-20(15)13-16)14-6-10-18(11-7-14)22-17-3-1-2-4-17/h5-7,9-11,13,17,19,21H,1-4,8,12H2. The van der Waals surface area contributed by atoms with E-state index in [-0.39, 0.29) is 11.9 Å². The topological polar surface area (TPSA) is 38.7 Å². The fraction of sp³-hybridized carbons (Fsp3) is 0.400. The highest BCUT2D eigenvalue weighted by Gasteiger charge is 2.22. The molecule has 3 nitrogen and oxygen atoms in total. The van der Waals surface area contributed by atoms with Crippen LogP contribution in [0.5, 0.6) is 17.2 Å². The SMILES string of the molecule is Oc1ccc2c(c1)OC(c1ccc(OC3CCCC3)cc1)CC2. The minimum Gasteiger partial charge on any atom is -0.508 e. The zero-order chi connectivity index (χ0) is 15.6. The maximum atomic E-state index is 9.62. The Morgan fingerprint density at radius 1 is 0.957 bits per heavy atom. The quantitative estimate of drug-likeness (QED) is 0.886. The number of fused-ring (bicyclic) bond motifs is 1. The molecule has 2 aromatic rings. The summed E-state index contributed by atoms with van der Waals surface area (Å²) in [5.74, 6) is 2.01. The Hall–Kier alpha value is -2.16. The van der Waals surface area contributed by atoms with E-state index >= 15 is 0 Å². The smallest absolute Gasteiger partial charge is 0.127 e. The summed E-state index contributed by atoms with van der Waals surface area (Å²) in [6, 6.07) is 13.7. The molecule has 1 saturated carbocycles. The first-order chi connectivity index (χ1) is 11.3. The molecule has 1 heterocycles. The molecule has 1 aliphatic heterocycles. The molecule has 0 bridgehead atoms. The summed E-state index contributed by atoms with van der Waals surface area (Å²) >= 11 is 0. The number of aromatic hydroxyl groups is 1. The van der Waals surface area contributed by atoms with Crippen molar-refractivity contribution in [2.75, 3.05) is 0 Å². The molecule has 2 aromatic carbocycles. The summed E-state index contributed by atoms with van der Waals surface area (Å²) in [6.07, 6.45) is 7.28. The Morgan fingerprint density at radius 3 is 2.52 bits per heavy atom. The number of phenols is 1. The van der Waals surface area contributed by atoms with Crippen molar-refractivity contribution in [1.82, 2.24) is 0 Å². The van der Waals surface area contributed by atoms with Crippen molar-refractivity contribution in [2.24, 2.45) is 0 Å². The highest BCUT2D eigenvalue weighted by molar-refractivity contribution is 5.42. The van der Waals surface area contributed by atoms with Crippen molar-refractivity contribution in [2.45, 2.75) is 50.7 Å². The van der Waals surface area contributed by atoms with Crippen LogP contribution in [0.2, 0.25) is 0 Å². The first-order valence-electron chi connectivity index (χ1n) is 8.53. The van der Waals surface area contributed by atoms with Gasteiger partial charge in [-0.1, -0.05) is 18.2 Å². The maximum Gasteiger partial charge on any atom is 0.127 e. The van der Waals surface area contributed by atoms with Crippen LogP contribution in [0, 0.1) is 0 Å². The second-order valence-electron chi connectivity index (χ2n) is 6.53. The summed E-state index contributed by atoms with van der Waals surface area (Å²) < 4.78 is 12.1. The zero-order valence-corrected chi connectivity index (χ0v) is 13.2. The molecule has 0 saturated heterocycles. The van der Waals surface area contributed by atoms with E-state index in [1.165, 1.54) is 31.2 Å². The highest BCUT2D eigenvalue weighted by Crippen LogP contribution is 2.37. The van der Waals surface area contributed by atoms with Crippen molar-refractivity contribution in [3.63, 3.8) is 0 Å². The fourth-order valence-corrected chi connectivity index (χ4v) is 3.55. The molecule has 0 spiro atoms. The molecule has 0 aromatic heterocycles. The van der Waals surface area contributed by atoms with Gasteiger partial charge in [0, 0.05) is 6.07 Å². The lowest BCUT2D eigenvalue weighted by atomic mass is 9.97. The molecule has 2 aliphatic rings. The summed E-state index contributed by atoms with van der Waals surface area (Å²) in [4.78, 5) is 0. The molecule has 4 rings (SSSR count). The van der Waals surface area contributed by atoms with E-state index in [4.69, 9.17) is 9.47 Å². The van der Waals surface area contributed by atoms with Gasteiger partial charge in [0.25, 0.3) is 0 Å². The average molecular weight is 310 g/mol. The second kappa shape index (κ2) is 6.15. The molecule has 1 aliphatic carbocycles. The maximum absolute atomic E-state index is 9.62. The van der Waals surface area contributed by atoms with E-state index in [2.05, 4.69) is 24.3 Å². The summed E-state index contributed by atoms with van der Waals surface area (Å²) in [5.41, 5.74) is 2.33. The summed E-state index contributed by atoms with van der Waals surface area (Å²) in [7, 11) is 0. The molecule has 1 fully saturated rings. The lowest BCUT2D eigenvalue weighted by molar-refractivity contribution is 0.175. The van der Waals surface area contributed by atoms with Crippen LogP contribution in [0.15, 0.2) is 42.5 Å². The summed E-state index contributed by atoms with van der Waals surface area (Å²) in [6.45, 7) is 0. The Labute approximate surface area is 136 Å². The number of ether oxygens (including phenoxy) is 2. The van der Waals surface area contributed by atoms with E-state index in [1.807, 2.05) is 6.07 Å². The normalized spacial score (nSPS) is 20.8. The number of hydrogen-bond donors (Lipinski definition) is 1. The number of hydrogen-bond acceptors (Lipinski definition) is 3. The van der Waals surface area contributed by atoms with Crippen molar-refractivity contribution >= 4 is 0 Å². The van der Waals surface area contributed by atoms with Gasteiger partial charge in [0.15, 0.2) is 0 Å². The third kappa shape index (κ3) is 3.14. The van der Waals surface area contributed by atoms with Crippen LogP contribution in [0.25, 0.3) is 0 Å². The Kier molecular flexibility index (Phi) is 3.86. The van der Waals surface area contributed by atoms with Gasteiger partial charge in [0.1, 0.15) is 23.4 Å². The first-order valence-corrected chi connectivity index (χ1v) is 8.53. The van der Waals surface area contributed by atoms with Crippen molar-refractivity contribution in [1.29, 1.82) is 0 Å². The number of rotatable bonds is 3. The molecule has 23 heavy (non-hydrogen) atoms. The van der Waals surface area contributed by atoms with E-state index < -0.39 is 0 Å². The third-order valence-electron chi connectivity index (χ3n) is 4.85. The lowest BCUT2D eigenvalue weighted by Gasteiger charge is -2.26. The molecule has 1 atom stereocenters.